The molecular weight excluding hydrogens is 440 g/mol. The molecule has 0 aliphatic heterocycles. The van der Waals surface area contributed by atoms with Gasteiger partial charge in [-0.3, -0.25) is 9.59 Å². The van der Waals surface area contributed by atoms with Crippen molar-refractivity contribution in [2.45, 2.75) is 60.8 Å². The Hall–Kier alpha value is -2.89. The smallest absolute Gasteiger partial charge is 0.321 e. The summed E-state index contributed by atoms with van der Waals surface area (Å²) in [5.41, 5.74) is 1.77. The third kappa shape index (κ3) is 5.85. The molecule has 0 atom stereocenters. The number of anilines is 1. The Labute approximate surface area is 210 Å². The Balaban J connectivity index is 3.04. The number of ether oxygens (including phenoxy) is 2. The van der Waals surface area contributed by atoms with Crippen molar-refractivity contribution in [3.8, 4) is 0 Å². The summed E-state index contributed by atoms with van der Waals surface area (Å²) in [6, 6.07) is 7.84. The zero-order valence-electron chi connectivity index (χ0n) is 23.0. The predicted octanol–water partition coefficient (Wildman–Crippen LogP) is 5.71. The highest BCUT2D eigenvalue weighted by molar-refractivity contribution is 6.14. The molecule has 0 fully saturated rings. The number of allylic oxidation sites excluding steroid dienone is 4. The number of hydrogen-bond donors (Lipinski definition) is 1. The van der Waals surface area contributed by atoms with Crippen LogP contribution in [0.1, 0.15) is 61.0 Å². The molecule has 0 amide bonds. The van der Waals surface area contributed by atoms with Gasteiger partial charge >= 0.3 is 11.9 Å². The minimum absolute atomic E-state index is 0.145. The number of hydrogen-bond acceptors (Lipinski definition) is 6. The van der Waals surface area contributed by atoms with Gasteiger partial charge in [0, 0.05) is 19.8 Å². The number of carbonyl (C=O) groups is 2. The molecule has 1 N–H and O–H groups in total. The maximum Gasteiger partial charge on any atom is 0.321 e. The van der Waals surface area contributed by atoms with Crippen LogP contribution in [0.3, 0.4) is 0 Å². The summed E-state index contributed by atoms with van der Waals surface area (Å²) in [4.78, 5) is 28.9. The molecule has 0 spiro atoms. The lowest BCUT2D eigenvalue weighted by molar-refractivity contribution is -0.163. The monoisotopic (exact) mass is 482 g/mol. The van der Waals surface area contributed by atoms with Crippen molar-refractivity contribution >= 4 is 23.3 Å². The SMILES string of the molecule is CCOC(=O)C(C(=O)OCC)C1(c2ccc(N(C)C)cc2)C=C(C(C)(C)C)C(=N)C(C(C)(C)C)=C1. The Kier molecular flexibility index (Phi) is 8.41. The number of nitrogens with zero attached hydrogens (tertiary/aromatic N) is 1. The maximum atomic E-state index is 13.5. The van der Waals surface area contributed by atoms with Crippen LogP contribution in [0, 0.1) is 22.2 Å². The minimum Gasteiger partial charge on any atom is -0.465 e. The van der Waals surface area contributed by atoms with Crippen LogP contribution < -0.4 is 4.90 Å². The number of carbonyl (C=O) groups excluding carboxylic acids is 2. The van der Waals surface area contributed by atoms with E-state index < -0.39 is 34.1 Å². The molecule has 1 aromatic rings. The van der Waals surface area contributed by atoms with Crippen LogP contribution >= 0.6 is 0 Å². The summed E-state index contributed by atoms with van der Waals surface area (Å²) in [5.74, 6) is -2.52. The molecule has 1 aromatic carbocycles. The lowest BCUT2D eigenvalue weighted by atomic mass is 9.60. The van der Waals surface area contributed by atoms with Crippen LogP contribution in [-0.4, -0.2) is 45.0 Å². The number of nitrogens with one attached hydrogen (secondary N) is 1. The topological polar surface area (TPSA) is 79.7 Å². The molecule has 2 rings (SSSR count). The molecule has 0 aromatic heterocycles. The van der Waals surface area contributed by atoms with Crippen LogP contribution in [-0.2, 0) is 24.5 Å². The molecule has 0 radical (unpaired) electrons. The Bertz CT molecular complexity index is 966. The van der Waals surface area contributed by atoms with E-state index in [1.807, 2.05) is 97.0 Å². The number of rotatable bonds is 7. The minimum atomic E-state index is -1.25. The third-order valence-corrected chi connectivity index (χ3v) is 6.33. The summed E-state index contributed by atoms with van der Waals surface area (Å²) in [5, 5.41) is 9.09. The van der Waals surface area contributed by atoms with E-state index in [0.29, 0.717) is 5.71 Å². The molecule has 1 aliphatic rings. The lowest BCUT2D eigenvalue weighted by Gasteiger charge is -2.43. The van der Waals surface area contributed by atoms with E-state index >= 15 is 0 Å². The van der Waals surface area contributed by atoms with E-state index in [2.05, 4.69) is 0 Å². The summed E-state index contributed by atoms with van der Waals surface area (Å²) < 4.78 is 10.9. The Morgan fingerprint density at radius 1 is 0.857 bits per heavy atom. The van der Waals surface area contributed by atoms with Gasteiger partial charge in [-0.1, -0.05) is 65.8 Å². The zero-order valence-corrected chi connectivity index (χ0v) is 23.0. The van der Waals surface area contributed by atoms with Gasteiger partial charge in [0.05, 0.1) is 24.3 Å². The second-order valence-corrected chi connectivity index (χ2v) is 11.3. The largest absolute Gasteiger partial charge is 0.465 e. The van der Waals surface area contributed by atoms with Crippen molar-refractivity contribution in [1.29, 1.82) is 5.41 Å². The average molecular weight is 483 g/mol. The van der Waals surface area contributed by atoms with Crippen molar-refractivity contribution < 1.29 is 19.1 Å². The lowest BCUT2D eigenvalue weighted by Crippen LogP contribution is -2.47. The van der Waals surface area contributed by atoms with Gasteiger partial charge in [-0.25, -0.2) is 0 Å². The first-order valence-corrected chi connectivity index (χ1v) is 12.3. The van der Waals surface area contributed by atoms with E-state index in [1.54, 1.807) is 13.8 Å². The molecule has 1 aliphatic carbocycles. The van der Waals surface area contributed by atoms with Crippen molar-refractivity contribution in [2.75, 3.05) is 32.2 Å². The molecular formula is C29H42N2O4. The fourth-order valence-corrected chi connectivity index (χ4v) is 4.48. The fraction of sp³-hybridized carbons (Fsp3) is 0.552. The summed E-state index contributed by atoms with van der Waals surface area (Å²) in [6.45, 7) is 16.0. The standard InChI is InChI=1S/C29H42N2O4/c1-11-34-25(32)23(26(33)35-12-2)29(19-13-15-20(16-14-19)31(9)10)17-21(27(3,4)5)24(30)22(18-29)28(6,7)8/h13-18,23,30H,11-12H2,1-10H3. The van der Waals surface area contributed by atoms with Crippen molar-refractivity contribution in [3.05, 3.63) is 53.1 Å². The van der Waals surface area contributed by atoms with Gasteiger partial charge in [-0.05, 0) is 53.5 Å². The van der Waals surface area contributed by atoms with Gasteiger partial charge in [-0.15, -0.1) is 0 Å². The molecule has 35 heavy (non-hydrogen) atoms. The van der Waals surface area contributed by atoms with Crippen molar-refractivity contribution in [2.24, 2.45) is 16.7 Å². The zero-order chi connectivity index (χ0) is 26.8. The first-order chi connectivity index (χ1) is 16.1. The quantitative estimate of drug-likeness (QED) is 0.398. The third-order valence-electron chi connectivity index (χ3n) is 6.33. The first-order valence-electron chi connectivity index (χ1n) is 12.3. The van der Waals surface area contributed by atoms with Crippen LogP contribution in [0.25, 0.3) is 0 Å². The van der Waals surface area contributed by atoms with E-state index in [-0.39, 0.29) is 13.2 Å². The number of esters is 2. The molecule has 0 saturated heterocycles. The van der Waals surface area contributed by atoms with E-state index in [4.69, 9.17) is 14.9 Å². The highest BCUT2D eigenvalue weighted by atomic mass is 16.6. The van der Waals surface area contributed by atoms with Crippen LogP contribution in [0.4, 0.5) is 5.69 Å². The fourth-order valence-electron chi connectivity index (χ4n) is 4.48. The number of benzene rings is 1. The van der Waals surface area contributed by atoms with E-state index in [9.17, 15) is 9.59 Å². The average Bonchev–Trinajstić information content (AvgIpc) is 2.73. The normalized spacial score (nSPS) is 18.7. The van der Waals surface area contributed by atoms with Crippen LogP contribution in [0.2, 0.25) is 0 Å². The second kappa shape index (κ2) is 10.4. The molecule has 6 nitrogen and oxygen atoms in total. The van der Waals surface area contributed by atoms with Gasteiger partial charge in [-0.2, -0.15) is 0 Å². The van der Waals surface area contributed by atoms with Gasteiger partial charge in [0.15, 0.2) is 5.92 Å². The van der Waals surface area contributed by atoms with E-state index in [0.717, 1.165) is 22.4 Å². The molecule has 0 saturated carbocycles. The second-order valence-electron chi connectivity index (χ2n) is 11.3. The highest BCUT2D eigenvalue weighted by Gasteiger charge is 2.52. The Morgan fingerprint density at radius 2 is 1.26 bits per heavy atom. The maximum absolute atomic E-state index is 13.5. The van der Waals surface area contributed by atoms with Gasteiger partial charge in [0.1, 0.15) is 0 Å². The van der Waals surface area contributed by atoms with Crippen LogP contribution in [0.5, 0.6) is 0 Å². The van der Waals surface area contributed by atoms with Crippen molar-refractivity contribution in [3.63, 3.8) is 0 Å². The molecule has 0 unspecified atom stereocenters. The first kappa shape index (κ1) is 28.3. The summed E-state index contributed by atoms with van der Waals surface area (Å²) in [7, 11) is 3.92. The van der Waals surface area contributed by atoms with Crippen molar-refractivity contribution in [1.82, 2.24) is 0 Å². The molecule has 192 valence electrons. The predicted molar refractivity (Wildman–Crippen MR) is 142 cm³/mol. The molecule has 0 bridgehead atoms. The van der Waals surface area contributed by atoms with E-state index in [1.165, 1.54) is 0 Å². The highest BCUT2D eigenvalue weighted by Crippen LogP contribution is 2.48. The molecule has 6 heteroatoms. The van der Waals surface area contributed by atoms with Gasteiger partial charge in [0.25, 0.3) is 0 Å². The van der Waals surface area contributed by atoms with Crippen LogP contribution in [0.15, 0.2) is 47.6 Å². The van der Waals surface area contributed by atoms with Gasteiger partial charge in [0.2, 0.25) is 0 Å². The summed E-state index contributed by atoms with van der Waals surface area (Å²) >= 11 is 0. The summed E-state index contributed by atoms with van der Waals surface area (Å²) in [6.07, 6.45) is 3.85. The van der Waals surface area contributed by atoms with Gasteiger partial charge < -0.3 is 19.8 Å². The Morgan fingerprint density at radius 3 is 1.57 bits per heavy atom. The molecule has 0 heterocycles.